The van der Waals surface area contributed by atoms with Gasteiger partial charge in [-0.15, -0.1) is 0 Å². The topological polar surface area (TPSA) is 63.7 Å². The summed E-state index contributed by atoms with van der Waals surface area (Å²) in [4.78, 5) is 20.4. The molecule has 0 bridgehead atoms. The number of hydrogen-bond acceptors (Lipinski definition) is 5. The van der Waals surface area contributed by atoms with Crippen molar-refractivity contribution in [2.75, 3.05) is 32.2 Å². The number of amides is 1. The van der Waals surface area contributed by atoms with Crippen molar-refractivity contribution < 1.29 is 14.3 Å². The molecule has 2 aromatic carbocycles. The Bertz CT molecular complexity index is 1160. The van der Waals surface area contributed by atoms with Crippen LogP contribution < -0.4 is 19.7 Å². The van der Waals surface area contributed by atoms with Crippen LogP contribution in [-0.4, -0.2) is 38.2 Å². The highest BCUT2D eigenvalue weighted by atomic mass is 35.5. The van der Waals surface area contributed by atoms with Crippen LogP contribution in [0.25, 0.3) is 11.1 Å². The molecule has 6 nitrogen and oxygen atoms in total. The minimum atomic E-state index is -0.163. The summed E-state index contributed by atoms with van der Waals surface area (Å²) in [5, 5.41) is 3.72. The second-order valence-corrected chi connectivity index (χ2v) is 8.97. The van der Waals surface area contributed by atoms with E-state index in [1.807, 2.05) is 49.5 Å². The molecular weight excluding hydrogens is 450 g/mol. The molecule has 0 atom stereocenters. The summed E-state index contributed by atoms with van der Waals surface area (Å²) in [6.07, 6.45) is 5.24. The van der Waals surface area contributed by atoms with E-state index in [9.17, 15) is 4.79 Å². The molecule has 0 radical (unpaired) electrons. The average Bonchev–Trinajstić information content (AvgIpc) is 2.86. The predicted molar refractivity (Wildman–Crippen MR) is 136 cm³/mol. The maximum absolute atomic E-state index is 13.4. The van der Waals surface area contributed by atoms with Crippen molar-refractivity contribution in [1.29, 1.82) is 0 Å². The average molecular weight is 480 g/mol. The van der Waals surface area contributed by atoms with E-state index < -0.39 is 0 Å². The fraction of sp³-hybridized carbons (Fsp3) is 0.333. The molecule has 3 aromatic rings. The van der Waals surface area contributed by atoms with Gasteiger partial charge in [0, 0.05) is 36.4 Å². The van der Waals surface area contributed by atoms with Crippen molar-refractivity contribution in [3.63, 3.8) is 0 Å². The maximum atomic E-state index is 13.4. The monoisotopic (exact) mass is 479 g/mol. The van der Waals surface area contributed by atoms with Crippen molar-refractivity contribution in [2.45, 2.75) is 32.7 Å². The van der Waals surface area contributed by atoms with Gasteiger partial charge in [0.25, 0.3) is 5.91 Å². The quantitative estimate of drug-likeness (QED) is 0.474. The molecule has 178 valence electrons. The molecule has 0 unspecified atom stereocenters. The van der Waals surface area contributed by atoms with Gasteiger partial charge in [0.05, 0.1) is 19.8 Å². The van der Waals surface area contributed by atoms with Crippen LogP contribution in [0, 0.1) is 6.92 Å². The van der Waals surface area contributed by atoms with Crippen LogP contribution in [0.5, 0.6) is 11.5 Å². The van der Waals surface area contributed by atoms with Crippen LogP contribution in [0.15, 0.2) is 48.7 Å². The summed E-state index contributed by atoms with van der Waals surface area (Å²) in [7, 11) is 3.20. The molecule has 2 heterocycles. The zero-order valence-corrected chi connectivity index (χ0v) is 20.6. The maximum Gasteiger partial charge on any atom is 0.255 e. The molecule has 1 amide bonds. The number of benzene rings is 2. The third-order valence-electron chi connectivity index (χ3n) is 6.04. The lowest BCUT2D eigenvalue weighted by molar-refractivity contribution is 0.0951. The number of hydrogen-bond donors (Lipinski definition) is 1. The number of halogens is 1. The molecule has 34 heavy (non-hydrogen) atoms. The Labute approximate surface area is 205 Å². The first-order chi connectivity index (χ1) is 16.5. The Hall–Kier alpha value is -3.25. The number of pyridine rings is 1. The van der Waals surface area contributed by atoms with E-state index in [1.54, 1.807) is 14.2 Å². The van der Waals surface area contributed by atoms with Gasteiger partial charge in [-0.05, 0) is 73.2 Å². The SMILES string of the molecule is COc1ccc(CNC(=O)c2cc(-c3cc(C)cc(Cl)c3)cnc2N2CCCCC2)cc1OC. The number of piperidine rings is 1. The highest BCUT2D eigenvalue weighted by Crippen LogP contribution is 2.30. The van der Waals surface area contributed by atoms with Gasteiger partial charge in [0.15, 0.2) is 11.5 Å². The second kappa shape index (κ2) is 10.8. The van der Waals surface area contributed by atoms with E-state index in [-0.39, 0.29) is 5.91 Å². The first kappa shape index (κ1) is 23.9. The smallest absolute Gasteiger partial charge is 0.255 e. The first-order valence-corrected chi connectivity index (χ1v) is 11.9. The van der Waals surface area contributed by atoms with Crippen LogP contribution in [0.4, 0.5) is 5.82 Å². The van der Waals surface area contributed by atoms with Gasteiger partial charge in [-0.2, -0.15) is 0 Å². The van der Waals surface area contributed by atoms with E-state index >= 15 is 0 Å². The first-order valence-electron chi connectivity index (χ1n) is 11.5. The molecule has 1 fully saturated rings. The van der Waals surface area contributed by atoms with Crippen molar-refractivity contribution in [3.8, 4) is 22.6 Å². The summed E-state index contributed by atoms with van der Waals surface area (Å²) in [6.45, 7) is 4.16. The standard InChI is InChI=1S/C27H30ClN3O3/c1-18-11-20(14-22(28)12-18)21-15-23(26(29-17-21)31-9-5-4-6-10-31)27(32)30-16-19-7-8-24(33-2)25(13-19)34-3/h7-8,11-15,17H,4-6,9-10,16H2,1-3H3,(H,30,32). The van der Waals surface area contributed by atoms with Crippen molar-refractivity contribution in [1.82, 2.24) is 10.3 Å². The van der Waals surface area contributed by atoms with Gasteiger partial charge >= 0.3 is 0 Å². The molecule has 0 spiro atoms. The Morgan fingerprint density at radius 1 is 1.00 bits per heavy atom. The van der Waals surface area contributed by atoms with Gasteiger partial charge in [0.2, 0.25) is 0 Å². The van der Waals surface area contributed by atoms with Gasteiger partial charge in [-0.25, -0.2) is 4.98 Å². The zero-order valence-electron chi connectivity index (χ0n) is 19.9. The summed E-state index contributed by atoms with van der Waals surface area (Å²) in [5.74, 6) is 1.84. The molecule has 1 aliphatic rings. The predicted octanol–water partition coefficient (Wildman–Crippen LogP) is 5.65. The fourth-order valence-corrected chi connectivity index (χ4v) is 4.60. The number of nitrogens with one attached hydrogen (secondary N) is 1. The van der Waals surface area contributed by atoms with E-state index in [2.05, 4.69) is 16.3 Å². The highest BCUT2D eigenvalue weighted by molar-refractivity contribution is 6.31. The zero-order chi connectivity index (χ0) is 24.1. The molecule has 7 heteroatoms. The van der Waals surface area contributed by atoms with Crippen molar-refractivity contribution >= 4 is 23.3 Å². The molecule has 1 aliphatic heterocycles. The van der Waals surface area contributed by atoms with Crippen LogP contribution in [-0.2, 0) is 6.54 Å². The molecule has 0 saturated carbocycles. The molecule has 0 aliphatic carbocycles. The molecular formula is C27H30ClN3O3. The van der Waals surface area contributed by atoms with Crippen LogP contribution >= 0.6 is 11.6 Å². The number of carbonyl (C=O) groups is 1. The number of rotatable bonds is 7. The minimum Gasteiger partial charge on any atom is -0.493 e. The third-order valence-corrected chi connectivity index (χ3v) is 6.26. The summed E-state index contributed by atoms with van der Waals surface area (Å²) in [5.41, 5.74) is 4.35. The lowest BCUT2D eigenvalue weighted by Gasteiger charge is -2.29. The summed E-state index contributed by atoms with van der Waals surface area (Å²) >= 11 is 6.29. The highest BCUT2D eigenvalue weighted by Gasteiger charge is 2.21. The Kier molecular flexibility index (Phi) is 7.58. The summed E-state index contributed by atoms with van der Waals surface area (Å²) in [6, 6.07) is 13.4. The number of ether oxygens (including phenoxy) is 2. The lowest BCUT2D eigenvalue weighted by Crippen LogP contribution is -2.33. The molecule has 1 aromatic heterocycles. The normalized spacial score (nSPS) is 13.5. The van der Waals surface area contributed by atoms with Crippen molar-refractivity contribution in [3.05, 3.63) is 70.4 Å². The lowest BCUT2D eigenvalue weighted by atomic mass is 10.0. The largest absolute Gasteiger partial charge is 0.493 e. The van der Waals surface area contributed by atoms with Crippen LogP contribution in [0.1, 0.15) is 40.7 Å². The number of anilines is 1. The Morgan fingerprint density at radius 3 is 2.47 bits per heavy atom. The number of aryl methyl sites for hydroxylation is 1. The van der Waals surface area contributed by atoms with Gasteiger partial charge < -0.3 is 19.7 Å². The summed E-state index contributed by atoms with van der Waals surface area (Å²) < 4.78 is 10.7. The van der Waals surface area contributed by atoms with E-state index in [0.29, 0.717) is 28.6 Å². The van der Waals surface area contributed by atoms with Gasteiger partial charge in [0.1, 0.15) is 5.82 Å². The van der Waals surface area contributed by atoms with Gasteiger partial charge in [-0.1, -0.05) is 23.7 Å². The van der Waals surface area contributed by atoms with Crippen LogP contribution in [0.2, 0.25) is 5.02 Å². The van der Waals surface area contributed by atoms with E-state index in [4.69, 9.17) is 26.1 Å². The van der Waals surface area contributed by atoms with Gasteiger partial charge in [-0.3, -0.25) is 4.79 Å². The number of aromatic nitrogens is 1. The number of nitrogens with zero attached hydrogens (tertiary/aromatic N) is 2. The fourth-order valence-electron chi connectivity index (χ4n) is 4.31. The van der Waals surface area contributed by atoms with Crippen molar-refractivity contribution in [2.24, 2.45) is 0 Å². The minimum absolute atomic E-state index is 0.163. The second-order valence-electron chi connectivity index (χ2n) is 8.53. The number of methoxy groups -OCH3 is 2. The van der Waals surface area contributed by atoms with Crippen LogP contribution in [0.3, 0.4) is 0 Å². The molecule has 1 N–H and O–H groups in total. The third kappa shape index (κ3) is 5.45. The Morgan fingerprint density at radius 2 is 1.76 bits per heavy atom. The number of carbonyl (C=O) groups excluding carboxylic acids is 1. The molecule has 1 saturated heterocycles. The van der Waals surface area contributed by atoms with E-state index in [1.165, 1.54) is 6.42 Å². The van der Waals surface area contributed by atoms with E-state index in [0.717, 1.165) is 54.0 Å². The Balaban J connectivity index is 1.63. The molecule has 4 rings (SSSR count).